The zero-order valence-electron chi connectivity index (χ0n) is 12.3. The lowest BCUT2D eigenvalue weighted by atomic mass is 9.83. The molecule has 1 aliphatic rings. The molecule has 1 unspecified atom stereocenters. The number of likely N-dealkylation sites (tertiary alicyclic amines) is 1. The zero-order chi connectivity index (χ0) is 14.9. The van der Waals surface area contributed by atoms with Gasteiger partial charge in [0.05, 0.1) is 11.1 Å². The highest BCUT2D eigenvalue weighted by Crippen LogP contribution is 2.36. The summed E-state index contributed by atoms with van der Waals surface area (Å²) in [5.41, 5.74) is 1.37. The smallest absolute Gasteiger partial charge is 0.310 e. The summed E-state index contributed by atoms with van der Waals surface area (Å²) in [5.74, 6) is -0.651. The molecular formula is C16H21N3O2. The van der Waals surface area contributed by atoms with Crippen molar-refractivity contribution in [2.24, 2.45) is 5.41 Å². The molecule has 5 heteroatoms. The lowest BCUT2D eigenvalue weighted by molar-refractivity contribution is -0.148. The van der Waals surface area contributed by atoms with Gasteiger partial charge in [-0.1, -0.05) is 19.4 Å². The molecule has 1 atom stereocenters. The van der Waals surface area contributed by atoms with Crippen molar-refractivity contribution in [1.29, 1.82) is 0 Å². The number of aromatic nitrogens is 2. The summed E-state index contributed by atoms with van der Waals surface area (Å²) in [5, 5.41) is 9.55. The number of rotatable bonds is 5. The van der Waals surface area contributed by atoms with Crippen LogP contribution in [-0.2, 0) is 11.3 Å². The summed E-state index contributed by atoms with van der Waals surface area (Å²) in [6.07, 6.45) is 6.41. The number of hydrogen-bond donors (Lipinski definition) is 1. The van der Waals surface area contributed by atoms with Crippen LogP contribution in [-0.4, -0.2) is 38.4 Å². The van der Waals surface area contributed by atoms with Crippen LogP contribution >= 0.6 is 0 Å². The predicted molar refractivity (Wildman–Crippen MR) is 80.1 cm³/mol. The number of imidazole rings is 1. The van der Waals surface area contributed by atoms with Crippen LogP contribution in [0, 0.1) is 5.41 Å². The molecule has 5 nitrogen and oxygen atoms in total. The van der Waals surface area contributed by atoms with Gasteiger partial charge >= 0.3 is 5.97 Å². The van der Waals surface area contributed by atoms with Gasteiger partial charge in [0.15, 0.2) is 0 Å². The van der Waals surface area contributed by atoms with Gasteiger partial charge in [0.25, 0.3) is 0 Å². The first kappa shape index (κ1) is 14.1. The summed E-state index contributed by atoms with van der Waals surface area (Å²) in [6, 6.07) is 5.93. The third-order valence-electron chi connectivity index (χ3n) is 4.41. The van der Waals surface area contributed by atoms with Crippen LogP contribution in [0.25, 0.3) is 5.65 Å². The molecule has 0 saturated carbocycles. The Balaban J connectivity index is 1.73. The average Bonchev–Trinajstić information content (AvgIpc) is 3.04. The predicted octanol–water partition coefficient (Wildman–Crippen LogP) is 2.41. The number of aliphatic carboxylic acids is 1. The summed E-state index contributed by atoms with van der Waals surface area (Å²) in [6.45, 7) is 4.24. The van der Waals surface area contributed by atoms with E-state index in [9.17, 15) is 9.90 Å². The fourth-order valence-electron chi connectivity index (χ4n) is 3.35. The van der Waals surface area contributed by atoms with Crippen molar-refractivity contribution in [2.45, 2.75) is 32.7 Å². The average molecular weight is 287 g/mol. The molecule has 0 radical (unpaired) electrons. The minimum absolute atomic E-state index is 0.562. The number of pyridine rings is 1. The second kappa shape index (κ2) is 5.48. The monoisotopic (exact) mass is 287 g/mol. The maximum absolute atomic E-state index is 11.6. The molecule has 3 heterocycles. The summed E-state index contributed by atoms with van der Waals surface area (Å²) in [4.78, 5) is 18.4. The standard InChI is InChI=1S/C16H21N3O2/c1-2-6-16(15(20)21)7-9-18(12-16)10-13-11-19-8-4-3-5-14(19)17-13/h3-5,8,11H,2,6-7,9-10,12H2,1H3,(H,20,21). The maximum Gasteiger partial charge on any atom is 0.310 e. The van der Waals surface area contributed by atoms with Crippen molar-refractivity contribution >= 4 is 11.6 Å². The first-order chi connectivity index (χ1) is 10.1. The molecule has 2 aromatic rings. The highest BCUT2D eigenvalue weighted by molar-refractivity contribution is 5.75. The number of nitrogens with zero attached hydrogens (tertiary/aromatic N) is 3. The summed E-state index contributed by atoms with van der Waals surface area (Å²) >= 11 is 0. The Morgan fingerprint density at radius 2 is 2.33 bits per heavy atom. The Bertz CT molecular complexity index is 619. The van der Waals surface area contributed by atoms with E-state index in [4.69, 9.17) is 0 Å². The third-order valence-corrected chi connectivity index (χ3v) is 4.41. The molecule has 0 spiro atoms. The van der Waals surface area contributed by atoms with E-state index in [2.05, 4.69) is 16.8 Å². The molecule has 1 fully saturated rings. The molecule has 1 saturated heterocycles. The van der Waals surface area contributed by atoms with Gasteiger partial charge in [-0.3, -0.25) is 9.69 Å². The highest BCUT2D eigenvalue weighted by atomic mass is 16.4. The van der Waals surface area contributed by atoms with Crippen molar-refractivity contribution in [3.63, 3.8) is 0 Å². The number of carboxylic acids is 1. The van der Waals surface area contributed by atoms with E-state index in [1.54, 1.807) is 0 Å². The van der Waals surface area contributed by atoms with Gasteiger partial charge in [0.1, 0.15) is 5.65 Å². The first-order valence-electron chi connectivity index (χ1n) is 7.51. The fourth-order valence-corrected chi connectivity index (χ4v) is 3.35. The second-order valence-corrected chi connectivity index (χ2v) is 5.99. The third kappa shape index (κ3) is 2.65. The molecule has 0 aliphatic carbocycles. The second-order valence-electron chi connectivity index (χ2n) is 5.99. The van der Waals surface area contributed by atoms with Crippen LogP contribution in [0.5, 0.6) is 0 Å². The topological polar surface area (TPSA) is 57.8 Å². The van der Waals surface area contributed by atoms with Crippen LogP contribution in [0.1, 0.15) is 31.9 Å². The van der Waals surface area contributed by atoms with Crippen LogP contribution in [0.4, 0.5) is 0 Å². The van der Waals surface area contributed by atoms with Crippen molar-refractivity contribution in [2.75, 3.05) is 13.1 Å². The van der Waals surface area contributed by atoms with E-state index in [0.717, 1.165) is 43.7 Å². The molecule has 0 aromatic carbocycles. The van der Waals surface area contributed by atoms with Crippen molar-refractivity contribution < 1.29 is 9.90 Å². The van der Waals surface area contributed by atoms with E-state index >= 15 is 0 Å². The van der Waals surface area contributed by atoms with E-state index in [1.165, 1.54) is 0 Å². The van der Waals surface area contributed by atoms with E-state index in [1.807, 2.05) is 35.0 Å². The Kier molecular flexibility index (Phi) is 3.68. The van der Waals surface area contributed by atoms with Crippen molar-refractivity contribution in [1.82, 2.24) is 14.3 Å². The van der Waals surface area contributed by atoms with Crippen LogP contribution in [0.15, 0.2) is 30.6 Å². The molecule has 1 N–H and O–H groups in total. The van der Waals surface area contributed by atoms with Crippen molar-refractivity contribution in [3.05, 3.63) is 36.3 Å². The van der Waals surface area contributed by atoms with E-state index < -0.39 is 11.4 Å². The molecule has 112 valence electrons. The van der Waals surface area contributed by atoms with Crippen molar-refractivity contribution in [3.8, 4) is 0 Å². The maximum atomic E-state index is 11.6. The molecular weight excluding hydrogens is 266 g/mol. The van der Waals surface area contributed by atoms with Gasteiger partial charge in [-0.05, 0) is 31.5 Å². The number of hydrogen-bond acceptors (Lipinski definition) is 3. The summed E-state index contributed by atoms with van der Waals surface area (Å²) in [7, 11) is 0. The van der Waals surface area contributed by atoms with Gasteiger partial charge in [0.2, 0.25) is 0 Å². The van der Waals surface area contributed by atoms with Crippen LogP contribution in [0.3, 0.4) is 0 Å². The van der Waals surface area contributed by atoms with Crippen LogP contribution < -0.4 is 0 Å². The van der Waals surface area contributed by atoms with Crippen LogP contribution in [0.2, 0.25) is 0 Å². The molecule has 2 aromatic heterocycles. The van der Waals surface area contributed by atoms with Gasteiger partial charge in [-0.15, -0.1) is 0 Å². The SMILES string of the molecule is CCCC1(C(=O)O)CCN(Cc2cn3ccccc3n2)C1. The Morgan fingerprint density at radius 3 is 3.05 bits per heavy atom. The first-order valence-corrected chi connectivity index (χ1v) is 7.51. The molecule has 3 rings (SSSR count). The Morgan fingerprint density at radius 1 is 1.48 bits per heavy atom. The normalized spacial score (nSPS) is 22.9. The molecule has 0 amide bonds. The zero-order valence-corrected chi connectivity index (χ0v) is 12.3. The van der Waals surface area contributed by atoms with Gasteiger partial charge < -0.3 is 9.51 Å². The number of carboxylic acid groups (broad SMARTS) is 1. The summed E-state index contributed by atoms with van der Waals surface area (Å²) < 4.78 is 2.00. The minimum atomic E-state index is -0.651. The van der Waals surface area contributed by atoms with Gasteiger partial charge in [0, 0.05) is 25.5 Å². The quantitative estimate of drug-likeness (QED) is 0.917. The lowest BCUT2D eigenvalue weighted by Crippen LogP contribution is -2.34. The number of carbonyl (C=O) groups is 1. The van der Waals surface area contributed by atoms with E-state index in [0.29, 0.717) is 6.54 Å². The molecule has 21 heavy (non-hydrogen) atoms. The fraction of sp³-hybridized carbons (Fsp3) is 0.500. The Hall–Kier alpha value is -1.88. The van der Waals surface area contributed by atoms with Gasteiger partial charge in [-0.25, -0.2) is 4.98 Å². The minimum Gasteiger partial charge on any atom is -0.481 e. The van der Waals surface area contributed by atoms with Gasteiger partial charge in [-0.2, -0.15) is 0 Å². The number of fused-ring (bicyclic) bond motifs is 1. The Labute approximate surface area is 124 Å². The van der Waals surface area contributed by atoms with E-state index in [-0.39, 0.29) is 0 Å². The molecule has 1 aliphatic heterocycles. The molecule has 0 bridgehead atoms. The highest BCUT2D eigenvalue weighted by Gasteiger charge is 2.43. The lowest BCUT2D eigenvalue weighted by Gasteiger charge is -2.24. The largest absolute Gasteiger partial charge is 0.481 e.